The number of hydrogen-bond donors (Lipinski definition) is 4. The van der Waals surface area contributed by atoms with Crippen LogP contribution in [0.3, 0.4) is 0 Å². The van der Waals surface area contributed by atoms with Crippen molar-refractivity contribution < 1.29 is 28.2 Å². The number of carbonyl (C=O) groups excluding carboxylic acids is 2. The quantitative estimate of drug-likeness (QED) is 0.266. The lowest BCUT2D eigenvalue weighted by atomic mass is 9.95. The third kappa shape index (κ3) is 7.76. The molecule has 0 aliphatic carbocycles. The van der Waals surface area contributed by atoms with E-state index in [1.807, 2.05) is 60.7 Å². The summed E-state index contributed by atoms with van der Waals surface area (Å²) in [6.07, 6.45) is -1.37. The highest BCUT2D eigenvalue weighted by molar-refractivity contribution is 7.89. The van der Waals surface area contributed by atoms with Gasteiger partial charge < -0.3 is 20.8 Å². The number of benzene rings is 3. The normalized spacial score (nSPS) is 16.1. The molecule has 1 fully saturated rings. The van der Waals surface area contributed by atoms with Gasteiger partial charge in [0, 0.05) is 25.2 Å². The van der Waals surface area contributed by atoms with Crippen LogP contribution in [-0.2, 0) is 27.8 Å². The summed E-state index contributed by atoms with van der Waals surface area (Å²) >= 11 is 0. The van der Waals surface area contributed by atoms with Gasteiger partial charge in [0.15, 0.2) is 0 Å². The summed E-state index contributed by atoms with van der Waals surface area (Å²) in [6, 6.07) is 23.2. The smallest absolute Gasteiger partial charge is 0.251 e. The van der Waals surface area contributed by atoms with E-state index in [1.54, 1.807) is 0 Å². The van der Waals surface area contributed by atoms with Crippen LogP contribution in [0.2, 0.25) is 0 Å². The van der Waals surface area contributed by atoms with Crippen LogP contribution in [0.15, 0.2) is 89.8 Å². The first kappa shape index (κ1) is 29.4. The van der Waals surface area contributed by atoms with E-state index in [9.17, 15) is 28.2 Å². The van der Waals surface area contributed by atoms with Crippen LogP contribution in [0.4, 0.5) is 0 Å². The van der Waals surface area contributed by atoms with Gasteiger partial charge in [0.25, 0.3) is 5.91 Å². The zero-order chi connectivity index (χ0) is 28.5. The van der Waals surface area contributed by atoms with Crippen molar-refractivity contribution in [3.63, 3.8) is 0 Å². The van der Waals surface area contributed by atoms with Crippen molar-refractivity contribution in [1.82, 2.24) is 14.9 Å². The number of sulfonamides is 1. The van der Waals surface area contributed by atoms with Crippen molar-refractivity contribution in [2.24, 2.45) is 0 Å². The zero-order valence-electron chi connectivity index (χ0n) is 22.1. The molecule has 10 heteroatoms. The molecule has 4 N–H and O–H groups in total. The molecule has 0 radical (unpaired) electrons. The van der Waals surface area contributed by atoms with E-state index < -0.39 is 40.1 Å². The summed E-state index contributed by atoms with van der Waals surface area (Å²) in [4.78, 5) is 25.7. The monoisotopic (exact) mass is 565 g/mol. The van der Waals surface area contributed by atoms with E-state index in [0.717, 1.165) is 24.0 Å². The Morgan fingerprint density at radius 3 is 2.00 bits per heavy atom. The van der Waals surface area contributed by atoms with Crippen LogP contribution in [0.5, 0.6) is 0 Å². The standard InChI is InChI=1S/C30H35N3O6S/c34-27(20-28(35)31-21-23-11-5-2-6-12-23)29(36)26(19-22-9-3-1-4-10-22)32-30(37)24-13-15-25(16-14-24)40(38,39)33-17-7-8-18-33/h1-6,9-16,26-27,29,34,36H,7-8,17-21H2,(H,31,35)(H,32,37)/t26-,27+,29+/m0/s1. The molecule has 212 valence electrons. The topological polar surface area (TPSA) is 136 Å². The molecule has 40 heavy (non-hydrogen) atoms. The molecule has 1 aliphatic heterocycles. The highest BCUT2D eigenvalue weighted by atomic mass is 32.2. The highest BCUT2D eigenvalue weighted by Crippen LogP contribution is 2.21. The summed E-state index contributed by atoms with van der Waals surface area (Å²) in [6.45, 7) is 1.25. The van der Waals surface area contributed by atoms with Gasteiger partial charge in [-0.3, -0.25) is 9.59 Å². The Morgan fingerprint density at radius 2 is 1.40 bits per heavy atom. The van der Waals surface area contributed by atoms with Gasteiger partial charge in [0.05, 0.1) is 23.5 Å². The Bertz CT molecular complexity index is 1360. The molecular weight excluding hydrogens is 530 g/mol. The molecular formula is C30H35N3O6S. The SMILES string of the molecule is O=C(C[C@@H](O)[C@H](O)[C@H](Cc1ccccc1)NC(=O)c1ccc(S(=O)(=O)N2CCCC2)cc1)NCc1ccccc1. The highest BCUT2D eigenvalue weighted by Gasteiger charge is 2.31. The molecule has 1 heterocycles. The number of rotatable bonds is 12. The molecule has 3 aromatic rings. The van der Waals surface area contributed by atoms with Gasteiger partial charge in [0.1, 0.15) is 6.10 Å². The Labute approximate surface area is 234 Å². The number of amides is 2. The molecule has 9 nitrogen and oxygen atoms in total. The lowest BCUT2D eigenvalue weighted by molar-refractivity contribution is -0.125. The maximum atomic E-state index is 13.1. The average molecular weight is 566 g/mol. The van der Waals surface area contributed by atoms with Crippen LogP contribution in [-0.4, -0.2) is 66.1 Å². The van der Waals surface area contributed by atoms with Gasteiger partial charge in [-0.1, -0.05) is 60.7 Å². The van der Waals surface area contributed by atoms with Gasteiger partial charge in [-0.25, -0.2) is 8.42 Å². The van der Waals surface area contributed by atoms with E-state index in [-0.39, 0.29) is 29.8 Å². The summed E-state index contributed by atoms with van der Waals surface area (Å²) < 4.78 is 27.1. The third-order valence-corrected chi connectivity index (χ3v) is 8.88. The van der Waals surface area contributed by atoms with Crippen molar-refractivity contribution >= 4 is 21.8 Å². The Hall–Kier alpha value is -3.57. The fourth-order valence-electron chi connectivity index (χ4n) is 4.68. The summed E-state index contributed by atoms with van der Waals surface area (Å²) in [5, 5.41) is 27.2. The van der Waals surface area contributed by atoms with Crippen LogP contribution >= 0.6 is 0 Å². The maximum Gasteiger partial charge on any atom is 0.251 e. The number of hydrogen-bond acceptors (Lipinski definition) is 6. The van der Waals surface area contributed by atoms with E-state index in [0.29, 0.717) is 13.1 Å². The minimum atomic E-state index is -3.61. The molecule has 3 aromatic carbocycles. The maximum absolute atomic E-state index is 13.1. The molecule has 1 saturated heterocycles. The van der Waals surface area contributed by atoms with E-state index in [2.05, 4.69) is 10.6 Å². The van der Waals surface area contributed by atoms with Crippen LogP contribution in [0.1, 0.15) is 40.7 Å². The fourth-order valence-corrected chi connectivity index (χ4v) is 6.20. The van der Waals surface area contributed by atoms with Crippen molar-refractivity contribution in [3.8, 4) is 0 Å². The first-order valence-corrected chi connectivity index (χ1v) is 14.8. The zero-order valence-corrected chi connectivity index (χ0v) is 23.0. The van der Waals surface area contributed by atoms with Gasteiger partial charge in [0.2, 0.25) is 15.9 Å². The number of nitrogens with one attached hydrogen (secondary N) is 2. The minimum Gasteiger partial charge on any atom is -0.390 e. The minimum absolute atomic E-state index is 0.115. The van der Waals surface area contributed by atoms with Gasteiger partial charge in [-0.2, -0.15) is 4.31 Å². The second kappa shape index (κ2) is 13.7. The average Bonchev–Trinajstić information content (AvgIpc) is 3.53. The first-order chi connectivity index (χ1) is 19.2. The molecule has 0 bridgehead atoms. The molecule has 0 saturated carbocycles. The van der Waals surface area contributed by atoms with Crippen molar-refractivity contribution in [3.05, 3.63) is 102 Å². The van der Waals surface area contributed by atoms with E-state index >= 15 is 0 Å². The molecule has 4 rings (SSSR count). The van der Waals surface area contributed by atoms with Gasteiger partial charge in [-0.15, -0.1) is 0 Å². The second-order valence-electron chi connectivity index (χ2n) is 9.93. The van der Waals surface area contributed by atoms with Crippen molar-refractivity contribution in [2.75, 3.05) is 13.1 Å². The molecule has 0 spiro atoms. The van der Waals surface area contributed by atoms with E-state index in [4.69, 9.17) is 0 Å². The lowest BCUT2D eigenvalue weighted by Gasteiger charge is -2.28. The number of carbonyl (C=O) groups is 2. The largest absolute Gasteiger partial charge is 0.390 e. The lowest BCUT2D eigenvalue weighted by Crippen LogP contribution is -2.50. The molecule has 0 unspecified atom stereocenters. The summed E-state index contributed by atoms with van der Waals surface area (Å²) in [5.74, 6) is -0.971. The van der Waals surface area contributed by atoms with Gasteiger partial charge in [-0.05, 0) is 54.7 Å². The van der Waals surface area contributed by atoms with Crippen LogP contribution in [0, 0.1) is 0 Å². The molecule has 0 aromatic heterocycles. The molecule has 1 aliphatic rings. The first-order valence-electron chi connectivity index (χ1n) is 13.4. The summed E-state index contributed by atoms with van der Waals surface area (Å²) in [5.41, 5.74) is 1.93. The van der Waals surface area contributed by atoms with Crippen molar-refractivity contribution in [1.29, 1.82) is 0 Å². The van der Waals surface area contributed by atoms with Crippen LogP contribution in [0.25, 0.3) is 0 Å². The Kier molecular flexibility index (Phi) is 10.1. The Balaban J connectivity index is 1.42. The number of aliphatic hydroxyl groups excluding tert-OH is 2. The van der Waals surface area contributed by atoms with Gasteiger partial charge >= 0.3 is 0 Å². The summed E-state index contributed by atoms with van der Waals surface area (Å²) in [7, 11) is -3.61. The molecule has 2 amide bonds. The second-order valence-corrected chi connectivity index (χ2v) is 11.9. The third-order valence-electron chi connectivity index (χ3n) is 6.97. The van der Waals surface area contributed by atoms with Crippen LogP contribution < -0.4 is 10.6 Å². The van der Waals surface area contributed by atoms with Crippen molar-refractivity contribution in [2.45, 2.75) is 55.4 Å². The molecule has 3 atom stereocenters. The van der Waals surface area contributed by atoms with E-state index in [1.165, 1.54) is 28.6 Å². The Morgan fingerprint density at radius 1 is 0.825 bits per heavy atom. The predicted molar refractivity (Wildman–Crippen MR) is 151 cm³/mol. The number of nitrogens with zero attached hydrogens (tertiary/aromatic N) is 1. The fraction of sp³-hybridized carbons (Fsp3) is 0.333. The number of aliphatic hydroxyl groups is 2. The predicted octanol–water partition coefficient (Wildman–Crippen LogP) is 2.24.